The number of carbonyl (C=O) groups excluding carboxylic acids is 1. The minimum atomic E-state index is -0.167. The normalized spacial score (nSPS) is 11.7. The van der Waals surface area contributed by atoms with Gasteiger partial charge < -0.3 is 14.5 Å². The Hall–Kier alpha value is -2.66. The fourth-order valence-electron chi connectivity index (χ4n) is 3.36. The lowest BCUT2D eigenvalue weighted by atomic mass is 9.98. The number of nitrogens with one attached hydrogen (secondary N) is 1. The number of benzene rings is 2. The summed E-state index contributed by atoms with van der Waals surface area (Å²) in [5.41, 5.74) is 5.44. The Labute approximate surface area is 176 Å². The van der Waals surface area contributed by atoms with Crippen molar-refractivity contribution in [2.45, 2.75) is 39.5 Å². The third-order valence-electron chi connectivity index (χ3n) is 5.07. The zero-order valence-electron chi connectivity index (χ0n) is 17.8. The molecule has 0 aliphatic rings. The number of anilines is 1. The molecule has 1 N–H and O–H groups in total. The Morgan fingerprint density at radius 1 is 1.17 bits per heavy atom. The summed E-state index contributed by atoms with van der Waals surface area (Å²) in [6.07, 6.45) is 3.64. The fourth-order valence-corrected chi connectivity index (χ4v) is 3.77. The molecular weight excluding hydrogens is 382 g/mol. The predicted octanol–water partition coefficient (Wildman–Crippen LogP) is 6.52. The maximum absolute atomic E-state index is 12.6. The molecule has 3 rings (SSSR count). The van der Waals surface area contributed by atoms with E-state index in [1.54, 1.807) is 17.8 Å². The van der Waals surface area contributed by atoms with E-state index in [1.807, 2.05) is 58.2 Å². The Balaban J connectivity index is 1.97. The average molecular weight is 410 g/mol. The van der Waals surface area contributed by atoms with Crippen LogP contribution in [-0.2, 0) is 4.79 Å². The van der Waals surface area contributed by atoms with Crippen LogP contribution in [0.4, 0.5) is 5.69 Å². The molecule has 29 heavy (non-hydrogen) atoms. The highest BCUT2D eigenvalue weighted by atomic mass is 32.2. The molecule has 3 aromatic rings. The minimum absolute atomic E-state index is 0.167. The molecular formula is C24H27NO3S. The van der Waals surface area contributed by atoms with Crippen LogP contribution in [0.1, 0.15) is 36.3 Å². The van der Waals surface area contributed by atoms with E-state index in [4.69, 9.17) is 9.15 Å². The van der Waals surface area contributed by atoms with Crippen molar-refractivity contribution in [3.8, 4) is 5.75 Å². The van der Waals surface area contributed by atoms with Gasteiger partial charge in [0.15, 0.2) is 0 Å². The number of hydrogen-bond donors (Lipinski definition) is 1. The summed E-state index contributed by atoms with van der Waals surface area (Å²) in [5.74, 6) is 1.50. The number of amides is 1. The summed E-state index contributed by atoms with van der Waals surface area (Å²) in [5, 5.41) is 3.98. The lowest BCUT2D eigenvalue weighted by Gasteiger charge is -2.14. The van der Waals surface area contributed by atoms with Gasteiger partial charge in [0.05, 0.1) is 6.61 Å². The highest BCUT2D eigenvalue weighted by Crippen LogP contribution is 2.38. The summed E-state index contributed by atoms with van der Waals surface area (Å²) in [4.78, 5) is 13.7. The van der Waals surface area contributed by atoms with Gasteiger partial charge in [-0.25, -0.2) is 0 Å². The van der Waals surface area contributed by atoms with Gasteiger partial charge in [-0.1, -0.05) is 0 Å². The van der Waals surface area contributed by atoms with E-state index >= 15 is 0 Å². The van der Waals surface area contributed by atoms with Crippen molar-refractivity contribution in [2.75, 3.05) is 18.2 Å². The molecule has 0 fully saturated rings. The number of ether oxygens (including phenoxy) is 1. The number of aryl methyl sites for hydroxylation is 3. The molecule has 1 amide bonds. The van der Waals surface area contributed by atoms with Gasteiger partial charge in [0, 0.05) is 33.2 Å². The Morgan fingerprint density at radius 3 is 2.48 bits per heavy atom. The topological polar surface area (TPSA) is 51.5 Å². The standard InChI is InChI=1S/C24H27NO3S/c1-7-27-23-16(4)24-21(15(3)17(5)28-24)13-20(23)14(2)12-22(26)25-18-8-10-19(29-6)11-9-18/h8-13H,7H2,1-6H3,(H,25,26)/b14-12+. The van der Waals surface area contributed by atoms with Crippen LogP contribution in [0.15, 0.2) is 45.7 Å². The highest BCUT2D eigenvalue weighted by Gasteiger charge is 2.18. The summed E-state index contributed by atoms with van der Waals surface area (Å²) >= 11 is 1.67. The van der Waals surface area contributed by atoms with Crippen molar-refractivity contribution in [3.63, 3.8) is 0 Å². The number of hydrogen-bond acceptors (Lipinski definition) is 4. The summed E-state index contributed by atoms with van der Waals surface area (Å²) in [7, 11) is 0. The van der Waals surface area contributed by atoms with Crippen LogP contribution in [0.25, 0.3) is 16.5 Å². The molecule has 0 saturated carbocycles. The van der Waals surface area contributed by atoms with Crippen LogP contribution in [0.2, 0.25) is 0 Å². The van der Waals surface area contributed by atoms with E-state index in [9.17, 15) is 4.79 Å². The maximum atomic E-state index is 12.6. The van der Waals surface area contributed by atoms with E-state index < -0.39 is 0 Å². The van der Waals surface area contributed by atoms with Crippen LogP contribution in [0, 0.1) is 20.8 Å². The van der Waals surface area contributed by atoms with Crippen LogP contribution < -0.4 is 10.1 Å². The molecule has 4 nitrogen and oxygen atoms in total. The lowest BCUT2D eigenvalue weighted by Crippen LogP contribution is -2.09. The third kappa shape index (κ3) is 4.35. The van der Waals surface area contributed by atoms with Gasteiger partial charge in [0.2, 0.25) is 5.91 Å². The second kappa shape index (κ2) is 8.78. The third-order valence-corrected chi connectivity index (χ3v) is 5.81. The molecule has 0 unspecified atom stereocenters. The summed E-state index contributed by atoms with van der Waals surface area (Å²) in [6.45, 7) is 10.4. The molecule has 0 aliphatic carbocycles. The smallest absolute Gasteiger partial charge is 0.248 e. The number of carbonyl (C=O) groups is 1. The molecule has 1 aromatic heterocycles. The average Bonchev–Trinajstić information content (AvgIpc) is 2.99. The van der Waals surface area contributed by atoms with Gasteiger partial charge in [0.25, 0.3) is 0 Å². The fraction of sp³-hybridized carbons (Fsp3) is 0.292. The van der Waals surface area contributed by atoms with E-state index in [0.717, 1.165) is 55.3 Å². The van der Waals surface area contributed by atoms with E-state index in [2.05, 4.69) is 18.3 Å². The van der Waals surface area contributed by atoms with Crippen molar-refractivity contribution in [1.29, 1.82) is 0 Å². The maximum Gasteiger partial charge on any atom is 0.248 e. The Morgan fingerprint density at radius 2 is 1.86 bits per heavy atom. The van der Waals surface area contributed by atoms with Gasteiger partial charge in [-0.2, -0.15) is 0 Å². The molecule has 152 valence electrons. The van der Waals surface area contributed by atoms with E-state index in [0.29, 0.717) is 6.61 Å². The zero-order valence-corrected chi connectivity index (χ0v) is 18.6. The first-order valence-corrected chi connectivity index (χ1v) is 10.9. The molecule has 2 aromatic carbocycles. The molecule has 0 saturated heterocycles. The summed E-state index contributed by atoms with van der Waals surface area (Å²) in [6, 6.07) is 9.86. The molecule has 0 atom stereocenters. The van der Waals surface area contributed by atoms with Crippen molar-refractivity contribution in [1.82, 2.24) is 0 Å². The first-order valence-electron chi connectivity index (χ1n) is 9.65. The van der Waals surface area contributed by atoms with Crippen LogP contribution in [0.3, 0.4) is 0 Å². The van der Waals surface area contributed by atoms with Crippen molar-refractivity contribution >= 4 is 39.9 Å². The number of allylic oxidation sites excluding steroid dienone is 1. The van der Waals surface area contributed by atoms with E-state index in [1.165, 1.54) is 0 Å². The van der Waals surface area contributed by atoms with Gasteiger partial charge in [0.1, 0.15) is 17.1 Å². The van der Waals surface area contributed by atoms with E-state index in [-0.39, 0.29) is 5.91 Å². The largest absolute Gasteiger partial charge is 0.493 e. The Kier molecular flexibility index (Phi) is 6.38. The second-order valence-electron chi connectivity index (χ2n) is 7.02. The molecule has 1 heterocycles. The first-order chi connectivity index (χ1) is 13.8. The van der Waals surface area contributed by atoms with Crippen LogP contribution >= 0.6 is 11.8 Å². The highest BCUT2D eigenvalue weighted by molar-refractivity contribution is 7.98. The van der Waals surface area contributed by atoms with Crippen molar-refractivity contribution < 1.29 is 13.9 Å². The van der Waals surface area contributed by atoms with Crippen LogP contribution in [0.5, 0.6) is 5.75 Å². The number of fused-ring (bicyclic) bond motifs is 1. The molecule has 0 bridgehead atoms. The number of furan rings is 1. The monoisotopic (exact) mass is 409 g/mol. The summed E-state index contributed by atoms with van der Waals surface area (Å²) < 4.78 is 11.9. The first kappa shape index (κ1) is 21.1. The van der Waals surface area contributed by atoms with Gasteiger partial charge in [-0.15, -0.1) is 11.8 Å². The lowest BCUT2D eigenvalue weighted by molar-refractivity contribution is -0.111. The van der Waals surface area contributed by atoms with Gasteiger partial charge in [-0.05, 0) is 82.3 Å². The van der Waals surface area contributed by atoms with Crippen LogP contribution in [-0.4, -0.2) is 18.8 Å². The van der Waals surface area contributed by atoms with Gasteiger partial charge >= 0.3 is 0 Å². The second-order valence-corrected chi connectivity index (χ2v) is 7.90. The van der Waals surface area contributed by atoms with Gasteiger partial charge in [-0.3, -0.25) is 4.79 Å². The zero-order chi connectivity index (χ0) is 21.1. The molecule has 0 aliphatic heterocycles. The molecule has 0 spiro atoms. The SMILES string of the molecule is CCOc1c(/C(C)=C/C(=O)Nc2ccc(SC)cc2)cc2c(C)c(C)oc2c1C. The minimum Gasteiger partial charge on any atom is -0.493 e. The number of rotatable bonds is 6. The quantitative estimate of drug-likeness (QED) is 0.372. The molecule has 0 radical (unpaired) electrons. The molecule has 5 heteroatoms. The van der Waals surface area contributed by atoms with Crippen molar-refractivity contribution in [2.24, 2.45) is 0 Å². The number of thioether (sulfide) groups is 1. The predicted molar refractivity (Wildman–Crippen MR) is 122 cm³/mol. The van der Waals surface area contributed by atoms with Crippen molar-refractivity contribution in [3.05, 3.63) is 58.9 Å². The Bertz CT molecular complexity index is 1080.